The zero-order chi connectivity index (χ0) is 15.1. The number of halogens is 1. The van der Waals surface area contributed by atoms with Crippen LogP contribution in [0.25, 0.3) is 0 Å². The Labute approximate surface area is 133 Å². The highest BCUT2D eigenvalue weighted by atomic mass is 35.5. The lowest BCUT2D eigenvalue weighted by Crippen LogP contribution is -2.32. The Morgan fingerprint density at radius 2 is 2.14 bits per heavy atom. The second-order valence-electron chi connectivity index (χ2n) is 5.80. The summed E-state index contributed by atoms with van der Waals surface area (Å²) in [6.45, 7) is 8.55. The highest BCUT2D eigenvalue weighted by Gasteiger charge is 2.14. The lowest BCUT2D eigenvalue weighted by molar-refractivity contribution is 0.346. The van der Waals surface area contributed by atoms with E-state index in [-0.39, 0.29) is 0 Å². The van der Waals surface area contributed by atoms with Gasteiger partial charge in [0, 0.05) is 32.9 Å². The van der Waals surface area contributed by atoms with E-state index in [9.17, 15) is 0 Å². The lowest BCUT2D eigenvalue weighted by Gasteiger charge is -2.23. The van der Waals surface area contributed by atoms with Gasteiger partial charge in [-0.2, -0.15) is 0 Å². The number of aromatic nitrogens is 1. The Balaban J connectivity index is 1.86. The summed E-state index contributed by atoms with van der Waals surface area (Å²) in [5.41, 5.74) is 1.14. The summed E-state index contributed by atoms with van der Waals surface area (Å²) in [6.07, 6.45) is 5.74. The minimum Gasteiger partial charge on any atom is -0.357 e. The van der Waals surface area contributed by atoms with Crippen molar-refractivity contribution in [2.45, 2.75) is 32.7 Å². The summed E-state index contributed by atoms with van der Waals surface area (Å²) in [5, 5.41) is 4.12. The Kier molecular flexibility index (Phi) is 6.74. The van der Waals surface area contributed by atoms with E-state index in [0.29, 0.717) is 0 Å². The molecule has 0 bridgehead atoms. The lowest BCUT2D eigenvalue weighted by atomic mass is 10.2. The van der Waals surface area contributed by atoms with Crippen molar-refractivity contribution in [1.29, 1.82) is 0 Å². The van der Waals surface area contributed by atoms with Gasteiger partial charge in [-0.15, -0.1) is 0 Å². The van der Waals surface area contributed by atoms with Gasteiger partial charge in [-0.1, -0.05) is 18.5 Å². The quantitative estimate of drug-likeness (QED) is 0.748. The molecule has 0 spiro atoms. The molecule has 1 aliphatic rings. The van der Waals surface area contributed by atoms with Crippen molar-refractivity contribution in [3.63, 3.8) is 0 Å². The molecule has 21 heavy (non-hydrogen) atoms. The van der Waals surface area contributed by atoms with E-state index in [1.807, 2.05) is 12.3 Å². The zero-order valence-electron chi connectivity index (χ0n) is 13.2. The van der Waals surface area contributed by atoms with Crippen molar-refractivity contribution in [3.8, 4) is 0 Å². The third-order valence-electron chi connectivity index (χ3n) is 3.95. The number of anilines is 1. The largest absolute Gasteiger partial charge is 0.357 e. The van der Waals surface area contributed by atoms with E-state index in [1.54, 1.807) is 0 Å². The van der Waals surface area contributed by atoms with Gasteiger partial charge in [0.2, 0.25) is 0 Å². The minimum absolute atomic E-state index is 0.745. The molecule has 118 valence electrons. The normalized spacial score (nSPS) is 15.6. The molecule has 1 fully saturated rings. The van der Waals surface area contributed by atoms with Gasteiger partial charge in [-0.05, 0) is 50.5 Å². The predicted octanol–water partition coefficient (Wildman–Crippen LogP) is 2.77. The molecule has 2 rings (SSSR count). The third kappa shape index (κ3) is 5.13. The summed E-state index contributed by atoms with van der Waals surface area (Å²) >= 11 is 6.39. The number of rotatable bonds is 8. The maximum Gasteiger partial charge on any atom is 0.147 e. The van der Waals surface area contributed by atoms with Crippen LogP contribution in [-0.2, 0) is 6.54 Å². The fourth-order valence-electron chi connectivity index (χ4n) is 2.66. The molecule has 0 aromatic carbocycles. The molecule has 0 atom stereocenters. The van der Waals surface area contributed by atoms with E-state index in [2.05, 4.69) is 34.1 Å². The van der Waals surface area contributed by atoms with E-state index < -0.39 is 0 Å². The standard InChI is InChI=1S/C16H27ClN4/c1-3-6-18-12-14-11-15(17)16(19-13-14)20(2)9-10-21-7-4-5-8-21/h11,13,18H,3-10,12H2,1-2H3. The van der Waals surface area contributed by atoms with Crippen LogP contribution in [0.1, 0.15) is 31.7 Å². The molecule has 0 aliphatic carbocycles. The minimum atomic E-state index is 0.745. The van der Waals surface area contributed by atoms with Crippen molar-refractivity contribution in [2.24, 2.45) is 0 Å². The first-order valence-electron chi connectivity index (χ1n) is 7.99. The third-order valence-corrected chi connectivity index (χ3v) is 4.22. The Morgan fingerprint density at radius 1 is 1.38 bits per heavy atom. The average molecular weight is 311 g/mol. The van der Waals surface area contributed by atoms with Crippen LogP contribution >= 0.6 is 11.6 Å². The molecule has 5 heteroatoms. The van der Waals surface area contributed by atoms with E-state index in [4.69, 9.17) is 11.6 Å². The van der Waals surface area contributed by atoms with Crippen LogP contribution in [-0.4, -0.2) is 49.7 Å². The second kappa shape index (κ2) is 8.57. The Morgan fingerprint density at radius 3 is 2.81 bits per heavy atom. The van der Waals surface area contributed by atoms with E-state index >= 15 is 0 Å². The van der Waals surface area contributed by atoms with Gasteiger partial charge in [-0.3, -0.25) is 0 Å². The number of likely N-dealkylation sites (tertiary alicyclic amines) is 1. The summed E-state index contributed by atoms with van der Waals surface area (Å²) in [4.78, 5) is 9.20. The van der Waals surface area contributed by atoms with Crippen molar-refractivity contribution in [1.82, 2.24) is 15.2 Å². The smallest absolute Gasteiger partial charge is 0.147 e. The van der Waals surface area contributed by atoms with Crippen LogP contribution in [0.15, 0.2) is 12.3 Å². The molecular weight excluding hydrogens is 284 g/mol. The van der Waals surface area contributed by atoms with Crippen molar-refractivity contribution in [2.75, 3.05) is 44.7 Å². The summed E-state index contributed by atoms with van der Waals surface area (Å²) in [6, 6.07) is 2.03. The van der Waals surface area contributed by atoms with Crippen LogP contribution in [0, 0.1) is 0 Å². The average Bonchev–Trinajstić information content (AvgIpc) is 2.98. The van der Waals surface area contributed by atoms with Gasteiger partial charge in [0.1, 0.15) is 5.82 Å². The highest BCUT2D eigenvalue weighted by Crippen LogP contribution is 2.23. The maximum atomic E-state index is 6.39. The number of hydrogen-bond acceptors (Lipinski definition) is 4. The SMILES string of the molecule is CCCNCc1cnc(N(C)CCN2CCCC2)c(Cl)c1. The summed E-state index contributed by atoms with van der Waals surface area (Å²) in [5.74, 6) is 0.884. The summed E-state index contributed by atoms with van der Waals surface area (Å²) in [7, 11) is 2.07. The number of hydrogen-bond donors (Lipinski definition) is 1. The van der Waals surface area contributed by atoms with Crippen molar-refractivity contribution in [3.05, 3.63) is 22.8 Å². The van der Waals surface area contributed by atoms with Gasteiger partial charge < -0.3 is 15.1 Å². The van der Waals surface area contributed by atoms with Crippen molar-refractivity contribution < 1.29 is 0 Å². The van der Waals surface area contributed by atoms with E-state index in [0.717, 1.165) is 49.0 Å². The molecule has 1 aromatic rings. The molecule has 1 aromatic heterocycles. The highest BCUT2D eigenvalue weighted by molar-refractivity contribution is 6.33. The molecule has 0 saturated carbocycles. The second-order valence-corrected chi connectivity index (χ2v) is 6.20. The van der Waals surface area contributed by atoms with Crippen LogP contribution in [0.4, 0.5) is 5.82 Å². The zero-order valence-corrected chi connectivity index (χ0v) is 14.0. The first-order chi connectivity index (χ1) is 10.2. The Bertz CT molecular complexity index is 432. The van der Waals surface area contributed by atoms with E-state index in [1.165, 1.54) is 25.9 Å². The molecule has 1 N–H and O–H groups in total. The van der Waals surface area contributed by atoms with Gasteiger partial charge in [-0.25, -0.2) is 4.98 Å². The van der Waals surface area contributed by atoms with Gasteiger partial charge in [0.25, 0.3) is 0 Å². The van der Waals surface area contributed by atoms with Gasteiger partial charge >= 0.3 is 0 Å². The van der Waals surface area contributed by atoms with Crippen LogP contribution in [0.3, 0.4) is 0 Å². The van der Waals surface area contributed by atoms with Gasteiger partial charge in [0.15, 0.2) is 0 Å². The van der Waals surface area contributed by atoms with Crippen molar-refractivity contribution >= 4 is 17.4 Å². The fourth-order valence-corrected chi connectivity index (χ4v) is 2.99. The van der Waals surface area contributed by atoms with Crippen LogP contribution in [0.2, 0.25) is 5.02 Å². The fraction of sp³-hybridized carbons (Fsp3) is 0.688. The van der Waals surface area contributed by atoms with Crippen LogP contribution < -0.4 is 10.2 Å². The number of likely N-dealkylation sites (N-methyl/N-ethyl adjacent to an activating group) is 1. The predicted molar refractivity (Wildman–Crippen MR) is 90.2 cm³/mol. The molecular formula is C16H27ClN4. The molecule has 4 nitrogen and oxygen atoms in total. The number of pyridine rings is 1. The topological polar surface area (TPSA) is 31.4 Å². The monoisotopic (exact) mass is 310 g/mol. The van der Waals surface area contributed by atoms with Gasteiger partial charge in [0.05, 0.1) is 5.02 Å². The molecule has 0 unspecified atom stereocenters. The molecule has 1 saturated heterocycles. The summed E-state index contributed by atoms with van der Waals surface area (Å²) < 4.78 is 0. The number of nitrogens with one attached hydrogen (secondary N) is 1. The Hall–Kier alpha value is -0.840. The molecule has 2 heterocycles. The molecule has 0 radical (unpaired) electrons. The molecule has 0 amide bonds. The first kappa shape index (κ1) is 16.5. The number of nitrogens with zero attached hydrogens (tertiary/aromatic N) is 3. The van der Waals surface area contributed by atoms with Crippen LogP contribution in [0.5, 0.6) is 0 Å². The molecule has 1 aliphatic heterocycles. The maximum absolute atomic E-state index is 6.39. The first-order valence-corrected chi connectivity index (χ1v) is 8.37.